The number of hydrazine groups is 1. The van der Waals surface area contributed by atoms with Gasteiger partial charge in [-0.3, -0.25) is 14.4 Å². The number of aliphatic carboxylic acids is 1. The number of likely N-dealkylation sites (N-methyl/N-ethyl adjacent to an activating group) is 1. The first-order valence-corrected chi connectivity index (χ1v) is 10.3. The van der Waals surface area contributed by atoms with Crippen molar-refractivity contribution < 1.29 is 24.3 Å². The summed E-state index contributed by atoms with van der Waals surface area (Å²) in [6.45, 7) is 4.63. The van der Waals surface area contributed by atoms with Gasteiger partial charge in [0.25, 0.3) is 0 Å². The summed E-state index contributed by atoms with van der Waals surface area (Å²) in [5.74, 6) is -1.79. The SMILES string of the molecule is CC(C)CN1C[C@H]2N(C(=O)CN(C)N2C(=O)NCc2ccccc2)[C@@H](CC(=O)O)C1=O. The van der Waals surface area contributed by atoms with E-state index in [4.69, 9.17) is 0 Å². The molecule has 1 aromatic carbocycles. The van der Waals surface area contributed by atoms with Crippen molar-refractivity contribution in [2.45, 2.75) is 39.0 Å². The third-order valence-electron chi connectivity index (χ3n) is 5.39. The standard InChI is InChI=1S/C21H29N5O5/c1-14(2)11-24-12-17-25(16(20(24)30)9-19(28)29)18(27)13-23(3)26(17)21(31)22-10-15-7-5-4-6-8-15/h4-8,14,16-17H,9-13H2,1-3H3,(H,22,31)(H,28,29)/t16-,17-/m0/s1. The molecule has 0 aliphatic carbocycles. The molecule has 0 spiro atoms. The first-order valence-electron chi connectivity index (χ1n) is 10.3. The zero-order valence-electron chi connectivity index (χ0n) is 18.0. The molecule has 10 heteroatoms. The zero-order chi connectivity index (χ0) is 22.7. The number of hydrogen-bond acceptors (Lipinski definition) is 5. The Bertz CT molecular complexity index is 846. The number of urea groups is 1. The molecule has 2 fully saturated rings. The number of rotatable bonds is 6. The van der Waals surface area contributed by atoms with Gasteiger partial charge in [0, 0.05) is 20.1 Å². The van der Waals surface area contributed by atoms with Crippen LogP contribution in [0.2, 0.25) is 0 Å². The average Bonchev–Trinajstić information content (AvgIpc) is 2.69. The fourth-order valence-electron chi connectivity index (χ4n) is 4.13. The third kappa shape index (κ3) is 4.96. The third-order valence-corrected chi connectivity index (χ3v) is 5.39. The van der Waals surface area contributed by atoms with Crippen LogP contribution in [0, 0.1) is 5.92 Å². The molecule has 2 aliphatic rings. The van der Waals surface area contributed by atoms with E-state index in [9.17, 15) is 24.3 Å². The van der Waals surface area contributed by atoms with Gasteiger partial charge in [-0.2, -0.15) is 0 Å². The van der Waals surface area contributed by atoms with Crippen LogP contribution in [-0.4, -0.2) is 87.6 Å². The molecular weight excluding hydrogens is 402 g/mol. The molecule has 2 aliphatic heterocycles. The number of carboxylic acids is 1. The summed E-state index contributed by atoms with van der Waals surface area (Å²) in [6.07, 6.45) is -1.28. The van der Waals surface area contributed by atoms with Crippen LogP contribution >= 0.6 is 0 Å². The van der Waals surface area contributed by atoms with E-state index < -0.39 is 36.5 Å². The number of carboxylic acid groups (broad SMARTS) is 1. The molecule has 1 aromatic rings. The molecular formula is C21H29N5O5. The van der Waals surface area contributed by atoms with Crippen LogP contribution < -0.4 is 5.32 Å². The summed E-state index contributed by atoms with van der Waals surface area (Å²) >= 11 is 0. The van der Waals surface area contributed by atoms with Crippen LogP contribution in [0.1, 0.15) is 25.8 Å². The van der Waals surface area contributed by atoms with Crippen molar-refractivity contribution in [1.82, 2.24) is 25.1 Å². The van der Waals surface area contributed by atoms with E-state index in [-0.39, 0.29) is 24.9 Å². The Hall–Kier alpha value is -3.14. The maximum absolute atomic E-state index is 13.1. The monoisotopic (exact) mass is 431 g/mol. The molecule has 0 bridgehead atoms. The highest BCUT2D eigenvalue weighted by Gasteiger charge is 2.51. The fraction of sp³-hybridized carbons (Fsp3) is 0.524. The van der Waals surface area contributed by atoms with Gasteiger partial charge >= 0.3 is 12.0 Å². The van der Waals surface area contributed by atoms with Crippen LogP contribution in [0.15, 0.2) is 30.3 Å². The first kappa shape index (κ1) is 22.5. The van der Waals surface area contributed by atoms with Crippen LogP contribution in [0.3, 0.4) is 0 Å². The van der Waals surface area contributed by atoms with Crippen molar-refractivity contribution >= 4 is 23.8 Å². The van der Waals surface area contributed by atoms with E-state index in [1.807, 2.05) is 44.2 Å². The second-order valence-corrected chi connectivity index (χ2v) is 8.34. The molecule has 2 saturated heterocycles. The van der Waals surface area contributed by atoms with E-state index in [0.29, 0.717) is 13.1 Å². The number of nitrogens with zero attached hydrogens (tertiary/aromatic N) is 4. The molecule has 2 N–H and O–H groups in total. The average molecular weight is 431 g/mol. The van der Waals surface area contributed by atoms with E-state index in [1.165, 1.54) is 14.9 Å². The van der Waals surface area contributed by atoms with Crippen LogP contribution in [0.5, 0.6) is 0 Å². The number of amides is 4. The lowest BCUT2D eigenvalue weighted by Crippen LogP contribution is -2.76. The van der Waals surface area contributed by atoms with Crippen molar-refractivity contribution in [3.8, 4) is 0 Å². The van der Waals surface area contributed by atoms with E-state index in [2.05, 4.69) is 5.32 Å². The summed E-state index contributed by atoms with van der Waals surface area (Å²) in [5, 5.41) is 15.1. The summed E-state index contributed by atoms with van der Waals surface area (Å²) in [7, 11) is 1.63. The fourth-order valence-corrected chi connectivity index (χ4v) is 4.13. The Morgan fingerprint density at radius 2 is 1.87 bits per heavy atom. The molecule has 4 amide bonds. The summed E-state index contributed by atoms with van der Waals surface area (Å²) in [5.41, 5.74) is 0.924. The topological polar surface area (TPSA) is 114 Å². The van der Waals surface area contributed by atoms with Gasteiger partial charge in [-0.15, -0.1) is 0 Å². The molecule has 2 heterocycles. The van der Waals surface area contributed by atoms with E-state index in [0.717, 1.165) is 5.56 Å². The Morgan fingerprint density at radius 1 is 1.19 bits per heavy atom. The second-order valence-electron chi connectivity index (χ2n) is 8.34. The predicted molar refractivity (Wildman–Crippen MR) is 111 cm³/mol. The maximum Gasteiger partial charge on any atom is 0.334 e. The quantitative estimate of drug-likeness (QED) is 0.680. The minimum absolute atomic E-state index is 0.122. The second kappa shape index (κ2) is 9.34. The lowest BCUT2D eigenvalue weighted by Gasteiger charge is -2.54. The molecule has 0 radical (unpaired) electrons. The van der Waals surface area contributed by atoms with Crippen LogP contribution in [0.4, 0.5) is 4.79 Å². The zero-order valence-corrected chi connectivity index (χ0v) is 18.0. The lowest BCUT2D eigenvalue weighted by atomic mass is 10.0. The van der Waals surface area contributed by atoms with E-state index in [1.54, 1.807) is 11.9 Å². The smallest absolute Gasteiger partial charge is 0.334 e. The molecule has 0 unspecified atom stereocenters. The number of nitrogens with one attached hydrogen (secondary N) is 1. The number of hydrogen-bond donors (Lipinski definition) is 2. The minimum Gasteiger partial charge on any atom is -0.481 e. The highest BCUT2D eigenvalue weighted by atomic mass is 16.4. The van der Waals surface area contributed by atoms with Crippen molar-refractivity contribution in [3.05, 3.63) is 35.9 Å². The maximum atomic E-state index is 13.1. The highest BCUT2D eigenvalue weighted by molar-refractivity contribution is 5.93. The van der Waals surface area contributed by atoms with Crippen molar-refractivity contribution in [2.24, 2.45) is 5.92 Å². The summed E-state index contributed by atoms with van der Waals surface area (Å²) < 4.78 is 0. The summed E-state index contributed by atoms with van der Waals surface area (Å²) in [4.78, 5) is 53.2. The summed E-state index contributed by atoms with van der Waals surface area (Å²) in [6, 6.07) is 7.87. The largest absolute Gasteiger partial charge is 0.481 e. The van der Waals surface area contributed by atoms with Gasteiger partial charge in [0.2, 0.25) is 11.8 Å². The number of carbonyl (C=O) groups is 4. The van der Waals surface area contributed by atoms with Gasteiger partial charge in [0.05, 0.1) is 19.5 Å². The molecule has 31 heavy (non-hydrogen) atoms. The highest BCUT2D eigenvalue weighted by Crippen LogP contribution is 2.27. The number of carbonyl (C=O) groups excluding carboxylic acids is 3. The van der Waals surface area contributed by atoms with Crippen molar-refractivity contribution in [1.29, 1.82) is 0 Å². The molecule has 2 atom stereocenters. The molecule has 10 nitrogen and oxygen atoms in total. The molecule has 0 saturated carbocycles. The number of benzene rings is 1. The number of fused-ring (bicyclic) bond motifs is 1. The molecule has 168 valence electrons. The van der Waals surface area contributed by atoms with Gasteiger partial charge in [-0.1, -0.05) is 44.2 Å². The van der Waals surface area contributed by atoms with Crippen molar-refractivity contribution in [2.75, 3.05) is 26.7 Å². The van der Waals surface area contributed by atoms with Gasteiger partial charge in [0.15, 0.2) is 0 Å². The number of piperazine rings is 1. The Kier molecular flexibility index (Phi) is 6.79. The van der Waals surface area contributed by atoms with Gasteiger partial charge < -0.3 is 20.2 Å². The van der Waals surface area contributed by atoms with Gasteiger partial charge in [-0.25, -0.2) is 14.8 Å². The van der Waals surface area contributed by atoms with Gasteiger partial charge in [0.1, 0.15) is 12.2 Å². The van der Waals surface area contributed by atoms with E-state index >= 15 is 0 Å². The minimum atomic E-state index is -1.17. The predicted octanol–water partition coefficient (Wildman–Crippen LogP) is 0.555. The lowest BCUT2D eigenvalue weighted by molar-refractivity contribution is -0.188. The molecule has 3 rings (SSSR count). The van der Waals surface area contributed by atoms with Crippen molar-refractivity contribution in [3.63, 3.8) is 0 Å². The van der Waals surface area contributed by atoms with Crippen LogP contribution in [-0.2, 0) is 20.9 Å². The Morgan fingerprint density at radius 3 is 2.48 bits per heavy atom. The molecule has 0 aromatic heterocycles. The van der Waals surface area contributed by atoms with Crippen LogP contribution in [0.25, 0.3) is 0 Å². The van der Waals surface area contributed by atoms with Gasteiger partial charge in [-0.05, 0) is 11.5 Å². The Labute approximate surface area is 181 Å². The first-order chi connectivity index (χ1) is 14.7. The normalized spacial score (nSPS) is 22.0. The Balaban J connectivity index is 1.87.